The average molecular weight is 430 g/mol. The van der Waals surface area contributed by atoms with Gasteiger partial charge in [0.1, 0.15) is 24.2 Å². The number of rotatable bonds is 4. The van der Waals surface area contributed by atoms with Crippen molar-refractivity contribution < 1.29 is 13.9 Å². The van der Waals surface area contributed by atoms with Crippen LogP contribution >= 0.6 is 0 Å². The van der Waals surface area contributed by atoms with Crippen molar-refractivity contribution in [3.63, 3.8) is 0 Å². The molecule has 6 nitrogen and oxygen atoms in total. The molecule has 2 heterocycles. The Kier molecular flexibility index (Phi) is 5.28. The monoisotopic (exact) mass is 430 g/mol. The van der Waals surface area contributed by atoms with Crippen LogP contribution in [0.5, 0.6) is 5.75 Å². The van der Waals surface area contributed by atoms with Crippen LogP contribution < -0.4 is 15.4 Å². The summed E-state index contributed by atoms with van der Waals surface area (Å²) in [5.41, 5.74) is 3.14. The number of amides is 1. The van der Waals surface area contributed by atoms with Crippen molar-refractivity contribution in [3.05, 3.63) is 52.8 Å². The van der Waals surface area contributed by atoms with Gasteiger partial charge in [-0.15, -0.1) is 0 Å². The van der Waals surface area contributed by atoms with Crippen molar-refractivity contribution in [2.75, 3.05) is 0 Å². The second kappa shape index (κ2) is 8.26. The first-order valence-corrected chi connectivity index (χ1v) is 11.0. The Morgan fingerprint density at radius 2 is 2.12 bits per heavy atom. The number of carbonyl (C=O) groups is 1. The minimum absolute atomic E-state index is 0.0600. The van der Waals surface area contributed by atoms with Crippen LogP contribution in [0.3, 0.4) is 0 Å². The molecule has 0 aromatic heterocycles. The van der Waals surface area contributed by atoms with Crippen molar-refractivity contribution in [2.24, 2.45) is 5.92 Å². The molecule has 2 fully saturated rings. The van der Waals surface area contributed by atoms with Gasteiger partial charge in [0.15, 0.2) is 0 Å². The first kappa shape index (κ1) is 20.5. The highest BCUT2D eigenvalue weighted by Gasteiger charge is 2.40. The van der Waals surface area contributed by atoms with E-state index in [1.807, 2.05) is 0 Å². The van der Waals surface area contributed by atoms with E-state index in [4.69, 9.17) is 10.00 Å². The molecule has 0 spiro atoms. The molecule has 1 amide bonds. The van der Waals surface area contributed by atoms with E-state index in [2.05, 4.69) is 22.8 Å². The number of hydrogen-bond donors (Lipinski definition) is 2. The number of ether oxygens (including phenoxy) is 1. The summed E-state index contributed by atoms with van der Waals surface area (Å²) in [6.07, 6.45) is 4.29. The van der Waals surface area contributed by atoms with Crippen molar-refractivity contribution in [2.45, 2.75) is 56.8 Å². The third-order valence-corrected chi connectivity index (χ3v) is 6.88. The fraction of sp³-hybridized carbons (Fsp3) is 0.400. The summed E-state index contributed by atoms with van der Waals surface area (Å²) >= 11 is 0. The van der Waals surface area contributed by atoms with E-state index in [1.54, 1.807) is 24.3 Å². The van der Waals surface area contributed by atoms with Gasteiger partial charge in [0.2, 0.25) is 5.91 Å². The minimum atomic E-state index is -0.827. The van der Waals surface area contributed by atoms with Crippen LogP contribution in [0.15, 0.2) is 30.3 Å². The molecule has 2 aromatic rings. The molecule has 3 aliphatic rings. The summed E-state index contributed by atoms with van der Waals surface area (Å²) in [4.78, 5) is 12.7. The highest BCUT2D eigenvalue weighted by molar-refractivity contribution is 5.83. The second-order valence-corrected chi connectivity index (χ2v) is 8.86. The lowest BCUT2D eigenvalue weighted by Crippen LogP contribution is -2.46. The quantitative estimate of drug-likeness (QED) is 0.775. The lowest BCUT2D eigenvalue weighted by molar-refractivity contribution is -0.123. The number of nitriles is 2. The Balaban J connectivity index is 1.31. The van der Waals surface area contributed by atoms with Crippen LogP contribution in [0.1, 0.15) is 42.4 Å². The zero-order chi connectivity index (χ0) is 22.2. The van der Waals surface area contributed by atoms with Crippen LogP contribution in [-0.2, 0) is 17.8 Å². The fourth-order valence-corrected chi connectivity index (χ4v) is 5.25. The van der Waals surface area contributed by atoms with Gasteiger partial charge in [-0.05, 0) is 66.1 Å². The maximum Gasteiger partial charge on any atom is 0.238 e. The first-order valence-electron chi connectivity index (χ1n) is 11.0. The zero-order valence-electron chi connectivity index (χ0n) is 17.5. The van der Waals surface area contributed by atoms with Crippen LogP contribution in [0.25, 0.3) is 11.1 Å². The topological polar surface area (TPSA) is 97.9 Å². The molecule has 5 rings (SSSR count). The van der Waals surface area contributed by atoms with Gasteiger partial charge in [0.25, 0.3) is 0 Å². The normalized spacial score (nSPS) is 23.7. The van der Waals surface area contributed by atoms with Gasteiger partial charge in [-0.1, -0.05) is 12.5 Å². The third kappa shape index (κ3) is 3.70. The molecule has 0 radical (unpaired) electrons. The maximum absolute atomic E-state index is 15.0. The van der Waals surface area contributed by atoms with Gasteiger partial charge < -0.3 is 15.4 Å². The summed E-state index contributed by atoms with van der Waals surface area (Å²) in [6.45, 7) is 0.289. The van der Waals surface area contributed by atoms with E-state index in [1.165, 1.54) is 12.5 Å². The maximum atomic E-state index is 15.0. The fourth-order valence-electron chi connectivity index (χ4n) is 5.25. The average Bonchev–Trinajstić information content (AvgIpc) is 3.41. The highest BCUT2D eigenvalue weighted by Crippen LogP contribution is 2.39. The molecule has 1 aliphatic carbocycles. The van der Waals surface area contributed by atoms with E-state index < -0.39 is 11.9 Å². The number of nitrogens with zero attached hydrogens (tertiary/aromatic N) is 2. The van der Waals surface area contributed by atoms with E-state index in [-0.39, 0.29) is 25.0 Å². The Morgan fingerprint density at radius 1 is 1.25 bits per heavy atom. The third-order valence-electron chi connectivity index (χ3n) is 6.88. The molecular formula is C25H23FN4O2. The van der Waals surface area contributed by atoms with Gasteiger partial charge in [0.05, 0.1) is 23.7 Å². The lowest BCUT2D eigenvalue weighted by atomic mass is 9.93. The molecular weight excluding hydrogens is 407 g/mol. The summed E-state index contributed by atoms with van der Waals surface area (Å²) in [5.74, 6) is 0.427. The SMILES string of the molecule is N#Cc1ccc2c(c1)COc1cc(CC(C#N)NC(=O)[C@@H]3C[C@@H]4CCC[C@@H]4N3)c(F)cc1-2. The molecule has 7 heteroatoms. The van der Waals surface area contributed by atoms with Gasteiger partial charge >= 0.3 is 0 Å². The van der Waals surface area contributed by atoms with Gasteiger partial charge in [-0.3, -0.25) is 4.79 Å². The number of hydrogen-bond acceptors (Lipinski definition) is 5. The molecule has 2 aliphatic heterocycles. The first-order chi connectivity index (χ1) is 15.6. The Hall–Kier alpha value is -3.42. The highest BCUT2D eigenvalue weighted by atomic mass is 19.1. The van der Waals surface area contributed by atoms with Crippen molar-refractivity contribution in [3.8, 4) is 29.0 Å². The molecule has 2 aromatic carbocycles. The van der Waals surface area contributed by atoms with Crippen molar-refractivity contribution in [1.29, 1.82) is 10.5 Å². The van der Waals surface area contributed by atoms with Gasteiger partial charge in [0, 0.05) is 18.0 Å². The number of halogens is 1. The van der Waals surface area contributed by atoms with E-state index in [0.29, 0.717) is 34.4 Å². The van der Waals surface area contributed by atoms with Gasteiger partial charge in [-0.25, -0.2) is 4.39 Å². The lowest BCUT2D eigenvalue weighted by Gasteiger charge is -2.23. The molecule has 4 atom stereocenters. The van der Waals surface area contributed by atoms with Crippen molar-refractivity contribution in [1.82, 2.24) is 10.6 Å². The summed E-state index contributed by atoms with van der Waals surface area (Å²) in [6, 6.07) is 11.7. The molecule has 162 valence electrons. The molecule has 1 saturated heterocycles. The second-order valence-electron chi connectivity index (χ2n) is 8.86. The molecule has 0 bridgehead atoms. The van der Waals surface area contributed by atoms with Crippen LogP contribution in [0.2, 0.25) is 0 Å². The number of fused-ring (bicyclic) bond motifs is 4. The predicted molar refractivity (Wildman–Crippen MR) is 115 cm³/mol. The number of benzene rings is 2. The Labute approximate surface area is 186 Å². The standard InChI is InChI=1S/C25H23FN4O2/c26-21-10-20-19-5-4-14(11-27)6-17(19)13-32-24(20)9-16(21)7-18(12-28)29-25(31)23-8-15-2-1-3-22(15)30-23/h4-6,9-10,15,18,22-23,30H,1-3,7-8,13H2,(H,29,31)/t15-,18?,22-,23-/m0/s1. The van der Waals surface area contributed by atoms with E-state index in [0.717, 1.165) is 30.4 Å². The summed E-state index contributed by atoms with van der Waals surface area (Å²) in [5, 5.41) is 24.8. The molecule has 32 heavy (non-hydrogen) atoms. The van der Waals surface area contributed by atoms with Crippen LogP contribution in [-0.4, -0.2) is 24.0 Å². The Bertz CT molecular complexity index is 1150. The summed E-state index contributed by atoms with van der Waals surface area (Å²) in [7, 11) is 0. The zero-order valence-corrected chi connectivity index (χ0v) is 17.5. The molecule has 2 N–H and O–H groups in total. The predicted octanol–water partition coefficient (Wildman–Crippen LogP) is 3.34. The van der Waals surface area contributed by atoms with Crippen LogP contribution in [0.4, 0.5) is 4.39 Å². The summed E-state index contributed by atoms with van der Waals surface area (Å²) < 4.78 is 20.8. The van der Waals surface area contributed by atoms with Crippen LogP contribution in [0, 0.1) is 34.4 Å². The van der Waals surface area contributed by atoms with Crippen molar-refractivity contribution >= 4 is 5.91 Å². The Morgan fingerprint density at radius 3 is 2.91 bits per heavy atom. The largest absolute Gasteiger partial charge is 0.488 e. The van der Waals surface area contributed by atoms with Gasteiger partial charge in [-0.2, -0.15) is 10.5 Å². The number of nitrogens with one attached hydrogen (secondary N) is 2. The molecule has 1 saturated carbocycles. The van der Waals surface area contributed by atoms with E-state index in [9.17, 15) is 14.4 Å². The number of carbonyl (C=O) groups excluding carboxylic acids is 1. The smallest absolute Gasteiger partial charge is 0.238 e. The molecule has 1 unspecified atom stereocenters. The minimum Gasteiger partial charge on any atom is -0.488 e. The van der Waals surface area contributed by atoms with E-state index >= 15 is 0 Å².